The van der Waals surface area contributed by atoms with Crippen LogP contribution in [0.25, 0.3) is 0 Å². The van der Waals surface area contributed by atoms with Crippen LogP contribution in [0, 0.1) is 0 Å². The lowest BCUT2D eigenvalue weighted by atomic mass is 10.2. The van der Waals surface area contributed by atoms with Crippen molar-refractivity contribution >= 4 is 11.3 Å². The Morgan fingerprint density at radius 1 is 1.53 bits per heavy atom. The van der Waals surface area contributed by atoms with E-state index in [1.807, 2.05) is 11.6 Å². The van der Waals surface area contributed by atoms with Crippen molar-refractivity contribution < 1.29 is 4.74 Å². The van der Waals surface area contributed by atoms with Gasteiger partial charge in [0, 0.05) is 24.0 Å². The van der Waals surface area contributed by atoms with Crippen molar-refractivity contribution in [3.63, 3.8) is 0 Å². The molecule has 0 aliphatic rings. The number of likely N-dealkylation sites (N-methyl/N-ethyl adjacent to an activating group) is 1. The van der Waals surface area contributed by atoms with Gasteiger partial charge in [0.25, 0.3) is 0 Å². The summed E-state index contributed by atoms with van der Waals surface area (Å²) in [6.45, 7) is 7.96. The molecule has 1 aromatic rings. The molecule has 0 radical (unpaired) electrons. The average Bonchev–Trinajstić information content (AvgIpc) is 2.67. The molecule has 0 bridgehead atoms. The first-order valence-corrected chi connectivity index (χ1v) is 6.33. The largest absolute Gasteiger partial charge is 0.377 e. The van der Waals surface area contributed by atoms with Gasteiger partial charge in [-0.25, -0.2) is 4.98 Å². The second kappa shape index (κ2) is 6.93. The van der Waals surface area contributed by atoms with E-state index in [0.29, 0.717) is 12.1 Å². The summed E-state index contributed by atoms with van der Waals surface area (Å²) >= 11 is 1.70. The van der Waals surface area contributed by atoms with Crippen molar-refractivity contribution in [2.24, 2.45) is 0 Å². The fourth-order valence-electron chi connectivity index (χ4n) is 1.35. The summed E-state index contributed by atoms with van der Waals surface area (Å²) in [5.41, 5.74) is 0. The monoisotopic (exact) mass is 228 g/mol. The minimum atomic E-state index is 0.294. The first kappa shape index (κ1) is 12.6. The molecule has 86 valence electrons. The molecular formula is C11H20N2OS. The molecule has 4 heteroatoms. The molecule has 0 amide bonds. The minimum absolute atomic E-state index is 0.294. The second-order valence-corrected chi connectivity index (χ2v) is 4.75. The maximum Gasteiger partial charge on any atom is 0.0941 e. The standard InChI is InChI=1S/C11H20N2OS/c1-4-12-10(8-14-9(2)3)7-11-13-5-6-15-11/h5-6,9-10,12H,4,7-8H2,1-3H3. The third-order valence-corrected chi connectivity index (χ3v) is 2.83. The van der Waals surface area contributed by atoms with Crippen LogP contribution in [0.15, 0.2) is 11.6 Å². The first-order valence-electron chi connectivity index (χ1n) is 5.45. The molecule has 1 heterocycles. The molecule has 0 saturated heterocycles. The van der Waals surface area contributed by atoms with E-state index in [9.17, 15) is 0 Å². The summed E-state index contributed by atoms with van der Waals surface area (Å²) in [6.07, 6.45) is 3.10. The van der Waals surface area contributed by atoms with Gasteiger partial charge in [0.2, 0.25) is 0 Å². The zero-order valence-electron chi connectivity index (χ0n) is 9.69. The predicted molar refractivity (Wildman–Crippen MR) is 64.4 cm³/mol. The van der Waals surface area contributed by atoms with Crippen LogP contribution < -0.4 is 5.32 Å². The van der Waals surface area contributed by atoms with E-state index in [0.717, 1.165) is 19.6 Å². The molecule has 0 spiro atoms. The smallest absolute Gasteiger partial charge is 0.0941 e. The molecule has 1 aromatic heterocycles. The highest BCUT2D eigenvalue weighted by molar-refractivity contribution is 7.09. The number of aromatic nitrogens is 1. The van der Waals surface area contributed by atoms with Gasteiger partial charge in [0.05, 0.1) is 17.7 Å². The Morgan fingerprint density at radius 2 is 2.33 bits per heavy atom. The molecule has 0 fully saturated rings. The molecule has 0 aromatic carbocycles. The molecule has 1 N–H and O–H groups in total. The van der Waals surface area contributed by atoms with Gasteiger partial charge in [0.1, 0.15) is 0 Å². The highest BCUT2D eigenvalue weighted by Crippen LogP contribution is 2.08. The number of hydrogen-bond acceptors (Lipinski definition) is 4. The molecule has 3 nitrogen and oxygen atoms in total. The number of hydrogen-bond donors (Lipinski definition) is 1. The Balaban J connectivity index is 2.36. The van der Waals surface area contributed by atoms with Gasteiger partial charge >= 0.3 is 0 Å². The molecule has 15 heavy (non-hydrogen) atoms. The third-order valence-electron chi connectivity index (χ3n) is 2.03. The number of nitrogens with zero attached hydrogens (tertiary/aromatic N) is 1. The van der Waals surface area contributed by atoms with Crippen LogP contribution in [-0.2, 0) is 11.2 Å². The lowest BCUT2D eigenvalue weighted by molar-refractivity contribution is 0.0616. The molecule has 1 rings (SSSR count). The van der Waals surface area contributed by atoms with Crippen LogP contribution in [0.4, 0.5) is 0 Å². The Kier molecular flexibility index (Phi) is 5.83. The highest BCUT2D eigenvalue weighted by Gasteiger charge is 2.10. The molecule has 1 atom stereocenters. The van der Waals surface area contributed by atoms with Gasteiger partial charge in [-0.3, -0.25) is 0 Å². The number of ether oxygens (including phenoxy) is 1. The van der Waals surface area contributed by atoms with E-state index >= 15 is 0 Å². The number of thiazole rings is 1. The normalized spacial score (nSPS) is 13.3. The number of nitrogens with one attached hydrogen (secondary N) is 1. The van der Waals surface area contributed by atoms with Crippen LogP contribution in [-0.4, -0.2) is 30.3 Å². The van der Waals surface area contributed by atoms with Gasteiger partial charge < -0.3 is 10.1 Å². The van der Waals surface area contributed by atoms with Crippen molar-refractivity contribution in [1.29, 1.82) is 0 Å². The quantitative estimate of drug-likeness (QED) is 0.776. The van der Waals surface area contributed by atoms with E-state index in [4.69, 9.17) is 4.74 Å². The molecule has 0 aliphatic carbocycles. The summed E-state index contributed by atoms with van der Waals surface area (Å²) in [4.78, 5) is 4.29. The fourth-order valence-corrected chi connectivity index (χ4v) is 2.05. The topological polar surface area (TPSA) is 34.1 Å². The van der Waals surface area contributed by atoms with Crippen molar-refractivity contribution in [3.05, 3.63) is 16.6 Å². The number of rotatable bonds is 7. The zero-order valence-corrected chi connectivity index (χ0v) is 10.5. The Bertz CT molecular complexity index is 249. The van der Waals surface area contributed by atoms with Crippen LogP contribution >= 0.6 is 11.3 Å². The van der Waals surface area contributed by atoms with Gasteiger partial charge in [0.15, 0.2) is 0 Å². The van der Waals surface area contributed by atoms with E-state index in [1.165, 1.54) is 5.01 Å². The predicted octanol–water partition coefficient (Wildman–Crippen LogP) is 2.09. The summed E-state index contributed by atoms with van der Waals surface area (Å²) in [7, 11) is 0. The Hall–Kier alpha value is -0.450. The molecule has 0 aliphatic heterocycles. The minimum Gasteiger partial charge on any atom is -0.377 e. The van der Waals surface area contributed by atoms with Crippen LogP contribution in [0.1, 0.15) is 25.8 Å². The summed E-state index contributed by atoms with van der Waals surface area (Å²) in [5.74, 6) is 0. The molecular weight excluding hydrogens is 208 g/mol. The SMILES string of the molecule is CCNC(COC(C)C)Cc1nccs1. The van der Waals surface area contributed by atoms with Crippen molar-refractivity contribution in [2.75, 3.05) is 13.2 Å². The van der Waals surface area contributed by atoms with Crippen molar-refractivity contribution in [3.8, 4) is 0 Å². The molecule has 0 saturated carbocycles. The average molecular weight is 228 g/mol. The zero-order chi connectivity index (χ0) is 11.1. The highest BCUT2D eigenvalue weighted by atomic mass is 32.1. The van der Waals surface area contributed by atoms with Crippen LogP contribution in [0.5, 0.6) is 0 Å². The second-order valence-electron chi connectivity index (χ2n) is 3.77. The maximum atomic E-state index is 5.62. The summed E-state index contributed by atoms with van der Waals surface area (Å²) < 4.78 is 5.62. The van der Waals surface area contributed by atoms with Crippen LogP contribution in [0.3, 0.4) is 0 Å². The van der Waals surface area contributed by atoms with Gasteiger partial charge in [-0.1, -0.05) is 6.92 Å². The Morgan fingerprint density at radius 3 is 2.87 bits per heavy atom. The maximum absolute atomic E-state index is 5.62. The van der Waals surface area contributed by atoms with Gasteiger partial charge in [-0.05, 0) is 20.4 Å². The van der Waals surface area contributed by atoms with E-state index in [-0.39, 0.29) is 0 Å². The van der Waals surface area contributed by atoms with Crippen molar-refractivity contribution in [2.45, 2.75) is 39.3 Å². The first-order chi connectivity index (χ1) is 7.22. The lowest BCUT2D eigenvalue weighted by Crippen LogP contribution is -2.36. The Labute approximate surface area is 95.9 Å². The summed E-state index contributed by atoms with van der Waals surface area (Å²) in [5, 5.41) is 6.61. The van der Waals surface area contributed by atoms with E-state index in [1.54, 1.807) is 11.3 Å². The van der Waals surface area contributed by atoms with Crippen LogP contribution in [0.2, 0.25) is 0 Å². The van der Waals surface area contributed by atoms with Crippen molar-refractivity contribution in [1.82, 2.24) is 10.3 Å². The summed E-state index contributed by atoms with van der Waals surface area (Å²) in [6, 6.07) is 0.378. The van der Waals surface area contributed by atoms with E-state index in [2.05, 4.69) is 31.1 Å². The van der Waals surface area contributed by atoms with E-state index < -0.39 is 0 Å². The molecule has 1 unspecified atom stereocenters. The lowest BCUT2D eigenvalue weighted by Gasteiger charge is -2.18. The fraction of sp³-hybridized carbons (Fsp3) is 0.727. The third kappa shape index (κ3) is 5.25. The van der Waals surface area contributed by atoms with Gasteiger partial charge in [-0.2, -0.15) is 0 Å². The van der Waals surface area contributed by atoms with Gasteiger partial charge in [-0.15, -0.1) is 11.3 Å².